The van der Waals surface area contributed by atoms with Crippen molar-refractivity contribution >= 4 is 11.9 Å². The summed E-state index contributed by atoms with van der Waals surface area (Å²) in [5, 5.41) is 4.16. The Morgan fingerprint density at radius 2 is 1.91 bits per heavy atom. The maximum Gasteiger partial charge on any atom is 0.197 e. The Balaban J connectivity index is 1.63. The van der Waals surface area contributed by atoms with Crippen LogP contribution in [0.2, 0.25) is 0 Å². The van der Waals surface area contributed by atoms with E-state index in [-0.39, 0.29) is 6.42 Å². The summed E-state index contributed by atoms with van der Waals surface area (Å²) in [4.78, 5) is 7.98. The topological polar surface area (TPSA) is 63.3 Å². The van der Waals surface area contributed by atoms with Crippen LogP contribution in [0.3, 0.4) is 0 Å². The first-order valence-corrected chi connectivity index (χ1v) is 7.15. The van der Waals surface area contributed by atoms with Crippen LogP contribution >= 0.6 is 0 Å². The first-order valence-electron chi connectivity index (χ1n) is 7.15. The quantitative estimate of drug-likeness (QED) is 0.557. The van der Waals surface area contributed by atoms with Crippen molar-refractivity contribution in [2.24, 2.45) is 5.10 Å². The third kappa shape index (κ3) is 4.00. The Hall–Kier alpha value is -3.02. The summed E-state index contributed by atoms with van der Waals surface area (Å²) in [5.74, 6) is 1.03. The van der Waals surface area contributed by atoms with Gasteiger partial charge >= 0.3 is 0 Å². The summed E-state index contributed by atoms with van der Waals surface area (Å²) >= 11 is 0. The van der Waals surface area contributed by atoms with Gasteiger partial charge in [-0.1, -0.05) is 0 Å². The van der Waals surface area contributed by atoms with E-state index in [4.69, 9.17) is 4.42 Å². The Kier molecular flexibility index (Phi) is 4.73. The van der Waals surface area contributed by atoms with Gasteiger partial charge in [0.15, 0.2) is 11.7 Å². The average molecular weight is 310 g/mol. The third-order valence-corrected chi connectivity index (χ3v) is 3.14. The molecule has 0 saturated carbocycles. The molecule has 3 rings (SSSR count). The number of hydrogen-bond donors (Lipinski definition) is 1. The van der Waals surface area contributed by atoms with Gasteiger partial charge in [-0.15, -0.1) is 0 Å². The zero-order valence-corrected chi connectivity index (χ0v) is 12.3. The van der Waals surface area contributed by atoms with Crippen LogP contribution < -0.4 is 5.43 Å². The van der Waals surface area contributed by atoms with Gasteiger partial charge in [-0.05, 0) is 42.0 Å². The van der Waals surface area contributed by atoms with Gasteiger partial charge in [0.25, 0.3) is 0 Å². The van der Waals surface area contributed by atoms with Crippen LogP contribution in [-0.4, -0.2) is 22.9 Å². The highest BCUT2D eigenvalue weighted by atomic mass is 19.1. The molecule has 0 aliphatic carbocycles. The van der Waals surface area contributed by atoms with Gasteiger partial charge in [0, 0.05) is 18.0 Å². The first kappa shape index (κ1) is 14.9. The number of benzene rings is 1. The lowest BCUT2D eigenvalue weighted by Gasteiger charge is -2.01. The van der Waals surface area contributed by atoms with Crippen molar-refractivity contribution in [2.45, 2.75) is 6.42 Å². The molecule has 0 radical (unpaired) electrons. The lowest BCUT2D eigenvalue weighted by atomic mass is 10.2. The molecule has 0 aliphatic rings. The molecule has 6 heteroatoms. The summed E-state index contributed by atoms with van der Waals surface area (Å²) in [6, 6.07) is 11.3. The number of aryl methyl sites for hydroxylation is 1. The van der Waals surface area contributed by atoms with E-state index < -0.39 is 6.67 Å². The van der Waals surface area contributed by atoms with Crippen LogP contribution in [-0.2, 0) is 6.42 Å². The van der Waals surface area contributed by atoms with E-state index in [1.165, 1.54) is 0 Å². The molecule has 0 saturated heterocycles. The summed E-state index contributed by atoms with van der Waals surface area (Å²) in [7, 11) is 0. The maximum atomic E-state index is 12.3. The van der Waals surface area contributed by atoms with Gasteiger partial charge in [0.2, 0.25) is 0 Å². The molecule has 3 aromatic rings. The zero-order valence-electron chi connectivity index (χ0n) is 12.3. The number of pyridine rings is 1. The fraction of sp³-hybridized carbons (Fsp3) is 0.118. The molecule has 0 spiro atoms. The number of anilines is 1. The molecule has 2 aromatic heterocycles. The van der Waals surface area contributed by atoms with E-state index >= 15 is 0 Å². The predicted octanol–water partition coefficient (Wildman–Crippen LogP) is 3.69. The zero-order chi connectivity index (χ0) is 15.9. The maximum absolute atomic E-state index is 12.3. The normalized spacial score (nSPS) is 11.0. The molecule has 0 bridgehead atoms. The largest absolute Gasteiger partial charge is 0.441 e. The van der Waals surface area contributed by atoms with Crippen LogP contribution in [0.4, 0.5) is 10.1 Å². The summed E-state index contributed by atoms with van der Waals surface area (Å²) < 4.78 is 17.7. The van der Waals surface area contributed by atoms with Crippen LogP contribution in [0, 0.1) is 0 Å². The minimum Gasteiger partial charge on any atom is -0.441 e. The molecular weight excluding hydrogens is 295 g/mol. The molecular formula is C17H15FN4O. The fourth-order valence-electron chi connectivity index (χ4n) is 1.98. The third-order valence-electron chi connectivity index (χ3n) is 3.14. The lowest BCUT2D eigenvalue weighted by Crippen LogP contribution is -1.90. The molecule has 1 aromatic carbocycles. The summed E-state index contributed by atoms with van der Waals surface area (Å²) in [6.07, 6.45) is 6.95. The number of nitrogens with one attached hydrogen (secondary N) is 1. The minimum absolute atomic E-state index is 0.198. The number of hydrogen-bond acceptors (Lipinski definition) is 5. The Bertz CT molecular complexity index is 769. The van der Waals surface area contributed by atoms with Gasteiger partial charge in [0.1, 0.15) is 0 Å². The second-order valence-electron chi connectivity index (χ2n) is 4.79. The highest BCUT2D eigenvalue weighted by Gasteiger charge is 2.06. The fourth-order valence-corrected chi connectivity index (χ4v) is 1.98. The van der Waals surface area contributed by atoms with E-state index in [9.17, 15) is 4.39 Å². The van der Waals surface area contributed by atoms with E-state index in [1.807, 2.05) is 36.4 Å². The average Bonchev–Trinajstić information content (AvgIpc) is 3.06. The number of hydrazone groups is 1. The molecule has 2 heterocycles. The molecule has 5 nitrogen and oxygen atoms in total. The number of rotatable bonds is 6. The van der Waals surface area contributed by atoms with Gasteiger partial charge in [-0.3, -0.25) is 14.8 Å². The Morgan fingerprint density at radius 3 is 2.65 bits per heavy atom. The summed E-state index contributed by atoms with van der Waals surface area (Å²) in [6.45, 7) is -0.474. The van der Waals surface area contributed by atoms with E-state index in [1.54, 1.807) is 24.8 Å². The van der Waals surface area contributed by atoms with Crippen molar-refractivity contribution in [3.63, 3.8) is 0 Å². The molecule has 0 unspecified atom stereocenters. The van der Waals surface area contributed by atoms with Gasteiger partial charge in [0.05, 0.1) is 31.2 Å². The van der Waals surface area contributed by atoms with Crippen molar-refractivity contribution in [3.8, 4) is 11.3 Å². The Morgan fingerprint density at radius 1 is 1.13 bits per heavy atom. The lowest BCUT2D eigenvalue weighted by molar-refractivity contribution is 0.434. The van der Waals surface area contributed by atoms with Gasteiger partial charge in [-0.2, -0.15) is 5.10 Å². The predicted molar refractivity (Wildman–Crippen MR) is 87.1 cm³/mol. The van der Waals surface area contributed by atoms with Gasteiger partial charge in [-0.25, -0.2) is 4.98 Å². The number of halogens is 1. The van der Waals surface area contributed by atoms with Crippen molar-refractivity contribution in [2.75, 3.05) is 12.1 Å². The monoisotopic (exact) mass is 310 g/mol. The number of nitrogens with zero attached hydrogens (tertiary/aromatic N) is 3. The van der Waals surface area contributed by atoms with E-state index in [2.05, 4.69) is 20.5 Å². The van der Waals surface area contributed by atoms with E-state index in [0.717, 1.165) is 16.8 Å². The SMILES string of the molecule is FCCc1ncc(-c2ccc(NN=Cc3ccncc3)cc2)o1. The summed E-state index contributed by atoms with van der Waals surface area (Å²) in [5.41, 5.74) is 5.64. The second kappa shape index (κ2) is 7.31. The molecule has 0 atom stereocenters. The highest BCUT2D eigenvalue weighted by Crippen LogP contribution is 2.22. The van der Waals surface area contributed by atoms with Crippen LogP contribution in [0.5, 0.6) is 0 Å². The molecule has 116 valence electrons. The van der Waals surface area contributed by atoms with Crippen molar-refractivity contribution in [1.29, 1.82) is 0 Å². The minimum atomic E-state index is -0.474. The Labute approximate surface area is 132 Å². The molecule has 1 N–H and O–H groups in total. The standard InChI is InChI=1S/C17H15FN4O/c18-8-5-17-20-12-16(23-17)14-1-3-15(4-2-14)22-21-11-13-6-9-19-10-7-13/h1-4,6-7,9-12,22H,5,8H2. The number of oxazole rings is 1. The molecule has 23 heavy (non-hydrogen) atoms. The molecule has 0 aliphatic heterocycles. The van der Waals surface area contributed by atoms with Crippen LogP contribution in [0.1, 0.15) is 11.5 Å². The van der Waals surface area contributed by atoms with Crippen molar-refractivity contribution < 1.29 is 8.81 Å². The first-order chi connectivity index (χ1) is 11.3. The molecule has 0 fully saturated rings. The second-order valence-corrected chi connectivity index (χ2v) is 4.79. The van der Waals surface area contributed by atoms with Crippen molar-refractivity contribution in [1.82, 2.24) is 9.97 Å². The van der Waals surface area contributed by atoms with Crippen LogP contribution in [0.15, 0.2) is 64.5 Å². The van der Waals surface area contributed by atoms with E-state index in [0.29, 0.717) is 11.7 Å². The smallest absolute Gasteiger partial charge is 0.197 e. The van der Waals surface area contributed by atoms with Crippen molar-refractivity contribution in [3.05, 3.63) is 66.4 Å². The highest BCUT2D eigenvalue weighted by molar-refractivity contribution is 5.79. The number of aromatic nitrogens is 2. The van der Waals surface area contributed by atoms with Gasteiger partial charge < -0.3 is 4.42 Å². The number of alkyl halides is 1. The van der Waals surface area contributed by atoms with Crippen LogP contribution in [0.25, 0.3) is 11.3 Å². The molecule has 0 amide bonds.